The summed E-state index contributed by atoms with van der Waals surface area (Å²) in [6.07, 6.45) is 1.74. The Balaban J connectivity index is 2.97. The number of nitrogens with one attached hydrogen (secondary N) is 1. The van der Waals surface area contributed by atoms with E-state index in [2.05, 4.69) is 5.32 Å². The van der Waals surface area contributed by atoms with Crippen molar-refractivity contribution < 1.29 is 9.53 Å². The highest BCUT2D eigenvalue weighted by atomic mass is 32.2. The summed E-state index contributed by atoms with van der Waals surface area (Å²) in [7, 11) is 1.60. The summed E-state index contributed by atoms with van der Waals surface area (Å²) >= 11 is 1.17. The number of carbonyl (C=O) groups excluding carboxylic acids is 1. The molecule has 0 aromatic carbocycles. The van der Waals surface area contributed by atoms with Crippen LogP contribution in [0.4, 0.5) is 4.79 Å². The first-order chi connectivity index (χ1) is 4.31. The summed E-state index contributed by atoms with van der Waals surface area (Å²) in [5.74, 6) is 0. The standard InChI is InChI=1S/C5H11NO2S/c1-8-4-3-6-5(7)9-2/h3-4H2,1-2H3,(H,6,7). The van der Waals surface area contributed by atoms with Crippen molar-refractivity contribution in [2.24, 2.45) is 0 Å². The molecule has 0 bridgehead atoms. The van der Waals surface area contributed by atoms with Crippen LogP contribution < -0.4 is 5.32 Å². The van der Waals surface area contributed by atoms with Crippen molar-refractivity contribution in [3.63, 3.8) is 0 Å². The number of thioether (sulfide) groups is 1. The maximum absolute atomic E-state index is 10.5. The average molecular weight is 149 g/mol. The molecule has 0 aliphatic rings. The highest BCUT2D eigenvalue weighted by Crippen LogP contribution is 1.90. The largest absolute Gasteiger partial charge is 0.383 e. The predicted octanol–water partition coefficient (Wildman–Crippen LogP) is 0.705. The van der Waals surface area contributed by atoms with E-state index < -0.39 is 0 Å². The Hall–Kier alpha value is -0.220. The van der Waals surface area contributed by atoms with E-state index in [0.717, 1.165) is 0 Å². The van der Waals surface area contributed by atoms with Crippen molar-refractivity contribution in [2.45, 2.75) is 0 Å². The molecule has 0 atom stereocenters. The molecule has 1 amide bonds. The molecule has 3 nitrogen and oxygen atoms in total. The van der Waals surface area contributed by atoms with Crippen LogP contribution in [0, 0.1) is 0 Å². The molecule has 0 rings (SSSR count). The van der Waals surface area contributed by atoms with Crippen molar-refractivity contribution in [3.05, 3.63) is 0 Å². The van der Waals surface area contributed by atoms with E-state index in [-0.39, 0.29) is 5.24 Å². The number of rotatable bonds is 3. The molecule has 0 radical (unpaired) electrons. The first kappa shape index (κ1) is 8.78. The quantitative estimate of drug-likeness (QED) is 0.600. The van der Waals surface area contributed by atoms with Gasteiger partial charge in [-0.25, -0.2) is 0 Å². The van der Waals surface area contributed by atoms with Crippen LogP contribution in [-0.2, 0) is 4.74 Å². The van der Waals surface area contributed by atoms with Crippen molar-refractivity contribution in [1.82, 2.24) is 5.32 Å². The lowest BCUT2D eigenvalue weighted by atomic mass is 10.7. The van der Waals surface area contributed by atoms with Gasteiger partial charge in [-0.05, 0) is 6.26 Å². The van der Waals surface area contributed by atoms with E-state index in [1.54, 1.807) is 13.4 Å². The van der Waals surface area contributed by atoms with Gasteiger partial charge in [-0.1, -0.05) is 11.8 Å². The normalized spacial score (nSPS) is 9.11. The van der Waals surface area contributed by atoms with Crippen LogP contribution in [0.5, 0.6) is 0 Å². The third kappa shape index (κ3) is 5.65. The number of carbonyl (C=O) groups is 1. The highest BCUT2D eigenvalue weighted by molar-refractivity contribution is 8.12. The summed E-state index contributed by atoms with van der Waals surface area (Å²) in [5, 5.41) is 2.62. The fraction of sp³-hybridized carbons (Fsp3) is 0.800. The zero-order valence-electron chi connectivity index (χ0n) is 5.64. The molecule has 0 aromatic heterocycles. The van der Waals surface area contributed by atoms with Gasteiger partial charge in [0.05, 0.1) is 6.61 Å². The molecule has 4 heteroatoms. The van der Waals surface area contributed by atoms with Gasteiger partial charge in [0.2, 0.25) is 0 Å². The van der Waals surface area contributed by atoms with Crippen LogP contribution in [0.2, 0.25) is 0 Å². The second-order valence-electron chi connectivity index (χ2n) is 1.41. The molecule has 9 heavy (non-hydrogen) atoms. The Kier molecular flexibility index (Phi) is 5.76. The van der Waals surface area contributed by atoms with Crippen molar-refractivity contribution in [2.75, 3.05) is 26.5 Å². The molecule has 0 unspecified atom stereocenters. The fourth-order valence-electron chi connectivity index (χ4n) is 0.327. The second-order valence-corrected chi connectivity index (χ2v) is 2.19. The number of hydrogen-bond donors (Lipinski definition) is 1. The van der Waals surface area contributed by atoms with Crippen molar-refractivity contribution in [1.29, 1.82) is 0 Å². The Morgan fingerprint density at radius 1 is 1.78 bits per heavy atom. The summed E-state index contributed by atoms with van der Waals surface area (Å²) in [6.45, 7) is 1.17. The average Bonchev–Trinajstić information content (AvgIpc) is 1.89. The Morgan fingerprint density at radius 2 is 2.44 bits per heavy atom. The summed E-state index contributed by atoms with van der Waals surface area (Å²) in [5.41, 5.74) is 0. The minimum atomic E-state index is -0.00736. The van der Waals surface area contributed by atoms with Gasteiger partial charge in [0.25, 0.3) is 5.24 Å². The van der Waals surface area contributed by atoms with Gasteiger partial charge in [-0.15, -0.1) is 0 Å². The number of ether oxygens (including phenoxy) is 1. The Labute approximate surface area is 59.1 Å². The molecular formula is C5H11NO2S. The molecule has 1 N–H and O–H groups in total. The van der Waals surface area contributed by atoms with Crippen LogP contribution >= 0.6 is 11.8 Å². The lowest BCUT2D eigenvalue weighted by Gasteiger charge is -1.99. The minimum absolute atomic E-state index is 0.00736. The van der Waals surface area contributed by atoms with Gasteiger partial charge in [-0.2, -0.15) is 0 Å². The van der Waals surface area contributed by atoms with Crippen LogP contribution in [0.25, 0.3) is 0 Å². The maximum Gasteiger partial charge on any atom is 0.278 e. The summed E-state index contributed by atoms with van der Waals surface area (Å²) in [6, 6.07) is 0. The lowest BCUT2D eigenvalue weighted by Crippen LogP contribution is -2.22. The fourth-order valence-corrected chi connectivity index (χ4v) is 0.574. The zero-order chi connectivity index (χ0) is 7.11. The number of amides is 1. The SMILES string of the molecule is COCCNC(=O)SC. The Bertz CT molecular complexity index is 87.0. The predicted molar refractivity (Wildman–Crippen MR) is 38.8 cm³/mol. The van der Waals surface area contributed by atoms with E-state index in [9.17, 15) is 4.79 Å². The van der Waals surface area contributed by atoms with E-state index in [1.165, 1.54) is 11.8 Å². The molecule has 54 valence electrons. The lowest BCUT2D eigenvalue weighted by molar-refractivity contribution is 0.199. The van der Waals surface area contributed by atoms with Gasteiger partial charge >= 0.3 is 0 Å². The summed E-state index contributed by atoms with van der Waals surface area (Å²) < 4.78 is 4.71. The van der Waals surface area contributed by atoms with Gasteiger partial charge in [0.1, 0.15) is 0 Å². The van der Waals surface area contributed by atoms with Crippen molar-refractivity contribution in [3.8, 4) is 0 Å². The smallest absolute Gasteiger partial charge is 0.278 e. The van der Waals surface area contributed by atoms with E-state index in [4.69, 9.17) is 4.74 Å². The first-order valence-corrected chi connectivity index (χ1v) is 3.84. The van der Waals surface area contributed by atoms with Crippen LogP contribution in [-0.4, -0.2) is 31.8 Å². The van der Waals surface area contributed by atoms with Gasteiger partial charge < -0.3 is 10.1 Å². The molecule has 0 fully saturated rings. The zero-order valence-corrected chi connectivity index (χ0v) is 6.46. The van der Waals surface area contributed by atoms with Gasteiger partial charge in [0.15, 0.2) is 0 Å². The molecule has 0 aromatic rings. The molecule has 0 saturated carbocycles. The third-order valence-electron chi connectivity index (χ3n) is 0.761. The van der Waals surface area contributed by atoms with Crippen LogP contribution in [0.1, 0.15) is 0 Å². The van der Waals surface area contributed by atoms with E-state index in [0.29, 0.717) is 13.2 Å². The molecule has 0 aliphatic heterocycles. The Morgan fingerprint density at radius 3 is 2.89 bits per heavy atom. The monoisotopic (exact) mass is 149 g/mol. The molecule has 0 saturated heterocycles. The third-order valence-corrected chi connectivity index (χ3v) is 1.28. The summed E-state index contributed by atoms with van der Waals surface area (Å²) in [4.78, 5) is 10.5. The second kappa shape index (κ2) is 5.91. The van der Waals surface area contributed by atoms with Crippen LogP contribution in [0.3, 0.4) is 0 Å². The first-order valence-electron chi connectivity index (χ1n) is 2.62. The molecular weight excluding hydrogens is 138 g/mol. The van der Waals surface area contributed by atoms with Gasteiger partial charge in [-0.3, -0.25) is 4.79 Å². The molecule has 0 spiro atoms. The topological polar surface area (TPSA) is 38.3 Å². The van der Waals surface area contributed by atoms with Crippen molar-refractivity contribution >= 4 is 17.0 Å². The molecule has 0 aliphatic carbocycles. The molecule has 0 heterocycles. The minimum Gasteiger partial charge on any atom is -0.383 e. The number of hydrogen-bond acceptors (Lipinski definition) is 3. The van der Waals surface area contributed by atoms with Crippen LogP contribution in [0.15, 0.2) is 0 Å². The maximum atomic E-state index is 10.5. The van der Waals surface area contributed by atoms with E-state index in [1.807, 2.05) is 0 Å². The highest BCUT2D eigenvalue weighted by Gasteiger charge is 1.93. The number of methoxy groups -OCH3 is 1. The van der Waals surface area contributed by atoms with E-state index >= 15 is 0 Å². The van der Waals surface area contributed by atoms with Gasteiger partial charge in [0, 0.05) is 13.7 Å².